The molecular formula is C14H12N2O3. The van der Waals surface area contributed by atoms with E-state index in [1.54, 1.807) is 36.4 Å². The Morgan fingerprint density at radius 2 is 2.26 bits per heavy atom. The molecule has 19 heavy (non-hydrogen) atoms. The van der Waals surface area contributed by atoms with Crippen LogP contribution < -0.4 is 10.1 Å². The summed E-state index contributed by atoms with van der Waals surface area (Å²) in [5, 5.41) is 11.6. The smallest absolute Gasteiger partial charge is 0.252 e. The lowest BCUT2D eigenvalue weighted by Gasteiger charge is -2.09. The van der Waals surface area contributed by atoms with Crippen LogP contribution in [0.3, 0.4) is 0 Å². The van der Waals surface area contributed by atoms with Gasteiger partial charge in [0.2, 0.25) is 0 Å². The fourth-order valence-corrected chi connectivity index (χ4v) is 1.60. The highest BCUT2D eigenvalue weighted by Gasteiger charge is 2.17. The van der Waals surface area contributed by atoms with Crippen LogP contribution in [0.2, 0.25) is 0 Å². The highest BCUT2D eigenvalue weighted by Crippen LogP contribution is 2.16. The van der Waals surface area contributed by atoms with E-state index in [1.807, 2.05) is 6.07 Å². The molecule has 0 saturated carbocycles. The number of nitriles is 1. The van der Waals surface area contributed by atoms with Crippen LogP contribution in [0.5, 0.6) is 5.75 Å². The molecule has 1 unspecified atom stereocenters. The Bertz CT molecular complexity index is 599. The van der Waals surface area contributed by atoms with Crippen molar-refractivity contribution in [1.82, 2.24) is 5.32 Å². The van der Waals surface area contributed by atoms with Crippen molar-refractivity contribution in [2.45, 2.75) is 6.04 Å². The average molecular weight is 256 g/mol. The molecule has 0 fully saturated rings. The number of hydrogen-bond donors (Lipinski definition) is 1. The molecule has 0 radical (unpaired) electrons. The van der Waals surface area contributed by atoms with Crippen LogP contribution in [0.1, 0.15) is 22.2 Å². The maximum atomic E-state index is 12.0. The average Bonchev–Trinajstić information content (AvgIpc) is 2.98. The third-order valence-corrected chi connectivity index (χ3v) is 2.56. The van der Waals surface area contributed by atoms with Crippen LogP contribution in [-0.4, -0.2) is 13.0 Å². The van der Waals surface area contributed by atoms with Crippen LogP contribution >= 0.6 is 0 Å². The largest absolute Gasteiger partial charge is 0.497 e. The van der Waals surface area contributed by atoms with Crippen LogP contribution in [0.15, 0.2) is 47.1 Å². The van der Waals surface area contributed by atoms with Crippen LogP contribution in [0, 0.1) is 11.3 Å². The molecule has 0 aliphatic carbocycles. The SMILES string of the molecule is COc1cccc(C(=O)NC(C#N)c2ccco2)c1. The minimum absolute atomic E-state index is 0.359. The third kappa shape index (κ3) is 2.93. The number of rotatable bonds is 4. The number of nitrogens with one attached hydrogen (secondary N) is 1. The van der Waals surface area contributed by atoms with Gasteiger partial charge in [0.05, 0.1) is 19.4 Å². The number of methoxy groups -OCH3 is 1. The Kier molecular flexibility index (Phi) is 3.84. The summed E-state index contributed by atoms with van der Waals surface area (Å²) in [4.78, 5) is 12.0. The van der Waals surface area contributed by atoms with Gasteiger partial charge < -0.3 is 14.5 Å². The first-order valence-electron chi connectivity index (χ1n) is 5.62. The van der Waals surface area contributed by atoms with Gasteiger partial charge in [-0.05, 0) is 30.3 Å². The van der Waals surface area contributed by atoms with Crippen LogP contribution in [-0.2, 0) is 0 Å². The number of amides is 1. The van der Waals surface area contributed by atoms with Gasteiger partial charge in [0.15, 0.2) is 6.04 Å². The summed E-state index contributed by atoms with van der Waals surface area (Å²) < 4.78 is 10.2. The first-order valence-corrected chi connectivity index (χ1v) is 5.62. The van der Waals surface area contributed by atoms with Crippen molar-refractivity contribution in [3.8, 4) is 11.8 Å². The molecule has 0 aliphatic heterocycles. The summed E-state index contributed by atoms with van der Waals surface area (Å²) in [5.41, 5.74) is 0.422. The van der Waals surface area contributed by atoms with E-state index in [0.717, 1.165) is 0 Å². The van der Waals surface area contributed by atoms with E-state index in [0.29, 0.717) is 17.1 Å². The first kappa shape index (κ1) is 12.7. The van der Waals surface area contributed by atoms with Gasteiger partial charge in [0, 0.05) is 5.56 Å². The van der Waals surface area contributed by atoms with E-state index >= 15 is 0 Å². The molecule has 1 amide bonds. The fourth-order valence-electron chi connectivity index (χ4n) is 1.60. The van der Waals surface area contributed by atoms with Crippen molar-refractivity contribution in [3.05, 3.63) is 54.0 Å². The maximum absolute atomic E-state index is 12.0. The van der Waals surface area contributed by atoms with Gasteiger partial charge >= 0.3 is 0 Å². The van der Waals surface area contributed by atoms with Crippen molar-refractivity contribution < 1.29 is 13.9 Å². The second-order valence-electron chi connectivity index (χ2n) is 3.78. The van der Waals surface area contributed by atoms with Gasteiger partial charge in [-0.2, -0.15) is 5.26 Å². The van der Waals surface area contributed by atoms with E-state index in [4.69, 9.17) is 14.4 Å². The summed E-state index contributed by atoms with van der Waals surface area (Å²) in [5.74, 6) is 0.625. The zero-order chi connectivity index (χ0) is 13.7. The minimum atomic E-state index is -0.811. The molecule has 5 heteroatoms. The number of nitrogens with zero attached hydrogens (tertiary/aromatic N) is 1. The molecule has 2 rings (SSSR count). The van der Waals surface area contributed by atoms with Crippen molar-refractivity contribution >= 4 is 5.91 Å². The highest BCUT2D eigenvalue weighted by molar-refractivity contribution is 5.95. The molecule has 1 aromatic heterocycles. The first-order chi connectivity index (χ1) is 9.24. The zero-order valence-electron chi connectivity index (χ0n) is 10.3. The molecule has 0 bridgehead atoms. The van der Waals surface area contributed by atoms with Gasteiger partial charge in [-0.3, -0.25) is 4.79 Å². The molecule has 0 saturated heterocycles. The molecular weight excluding hydrogens is 244 g/mol. The molecule has 1 N–H and O–H groups in total. The minimum Gasteiger partial charge on any atom is -0.497 e. The summed E-state index contributed by atoms with van der Waals surface area (Å²) in [6, 6.07) is 11.2. The number of ether oxygens (including phenoxy) is 1. The van der Waals surface area contributed by atoms with E-state index in [9.17, 15) is 4.79 Å². The van der Waals surface area contributed by atoms with Gasteiger partial charge in [-0.1, -0.05) is 6.07 Å². The van der Waals surface area contributed by atoms with Gasteiger partial charge in [-0.15, -0.1) is 0 Å². The molecule has 1 atom stereocenters. The maximum Gasteiger partial charge on any atom is 0.252 e. The number of benzene rings is 1. The molecule has 0 aliphatic rings. The Morgan fingerprint density at radius 1 is 1.42 bits per heavy atom. The monoisotopic (exact) mass is 256 g/mol. The number of hydrogen-bond acceptors (Lipinski definition) is 4. The Hall–Kier alpha value is -2.74. The second kappa shape index (κ2) is 5.74. The molecule has 96 valence electrons. The summed E-state index contributed by atoms with van der Waals surface area (Å²) in [6.45, 7) is 0. The lowest BCUT2D eigenvalue weighted by Crippen LogP contribution is -2.27. The number of carbonyl (C=O) groups is 1. The standard InChI is InChI=1S/C14H12N2O3/c1-18-11-5-2-4-10(8-11)14(17)16-12(9-15)13-6-3-7-19-13/h2-8,12H,1H3,(H,16,17). The fraction of sp³-hybridized carbons (Fsp3) is 0.143. The Labute approximate surface area is 110 Å². The quantitative estimate of drug-likeness (QED) is 0.910. The predicted octanol–water partition coefficient (Wildman–Crippen LogP) is 2.28. The van der Waals surface area contributed by atoms with E-state index in [2.05, 4.69) is 5.32 Å². The lowest BCUT2D eigenvalue weighted by molar-refractivity contribution is 0.0941. The molecule has 1 aromatic carbocycles. The van der Waals surface area contributed by atoms with E-state index < -0.39 is 6.04 Å². The van der Waals surface area contributed by atoms with Crippen molar-refractivity contribution in [3.63, 3.8) is 0 Å². The highest BCUT2D eigenvalue weighted by atomic mass is 16.5. The van der Waals surface area contributed by atoms with Crippen molar-refractivity contribution in [2.75, 3.05) is 7.11 Å². The summed E-state index contributed by atoms with van der Waals surface area (Å²) >= 11 is 0. The molecule has 0 spiro atoms. The zero-order valence-corrected chi connectivity index (χ0v) is 10.3. The van der Waals surface area contributed by atoms with E-state index in [-0.39, 0.29) is 5.91 Å². The van der Waals surface area contributed by atoms with Gasteiger partial charge in [-0.25, -0.2) is 0 Å². The lowest BCUT2D eigenvalue weighted by atomic mass is 10.1. The second-order valence-corrected chi connectivity index (χ2v) is 3.78. The van der Waals surface area contributed by atoms with Gasteiger partial charge in [0.1, 0.15) is 11.5 Å². The molecule has 5 nitrogen and oxygen atoms in total. The number of furan rings is 1. The topological polar surface area (TPSA) is 75.3 Å². The van der Waals surface area contributed by atoms with E-state index in [1.165, 1.54) is 13.4 Å². The predicted molar refractivity (Wildman–Crippen MR) is 67.5 cm³/mol. The third-order valence-electron chi connectivity index (χ3n) is 2.56. The van der Waals surface area contributed by atoms with Crippen molar-refractivity contribution in [2.24, 2.45) is 0 Å². The summed E-state index contributed by atoms with van der Waals surface area (Å²) in [6.07, 6.45) is 1.46. The Morgan fingerprint density at radius 3 is 2.89 bits per heavy atom. The molecule has 2 aromatic rings. The van der Waals surface area contributed by atoms with Crippen molar-refractivity contribution in [1.29, 1.82) is 5.26 Å². The Balaban J connectivity index is 2.14. The summed E-state index contributed by atoms with van der Waals surface area (Å²) in [7, 11) is 1.53. The van der Waals surface area contributed by atoms with Gasteiger partial charge in [0.25, 0.3) is 5.91 Å². The van der Waals surface area contributed by atoms with Crippen LogP contribution in [0.4, 0.5) is 0 Å². The number of carbonyl (C=O) groups excluding carboxylic acids is 1. The normalized spacial score (nSPS) is 11.4. The van der Waals surface area contributed by atoms with Crippen LogP contribution in [0.25, 0.3) is 0 Å². The molecule has 1 heterocycles.